The SMILES string of the molecule is CCn1cc(S(=O)(=O)N(C)CC(C)(C)CN)nc1C.Cl. The predicted octanol–water partition coefficient (Wildman–Crippen LogP) is 1.24. The molecule has 0 saturated heterocycles. The standard InChI is InChI=1S/C12H24N4O2S.ClH/c1-6-16-7-11(14-10(16)2)19(17,18)15(5)9-12(3,4)8-13;/h7H,6,8-9,13H2,1-5H3;1H. The second-order valence-corrected chi connectivity index (χ2v) is 7.53. The fourth-order valence-electron chi connectivity index (χ4n) is 1.84. The van der Waals surface area contributed by atoms with Crippen LogP contribution in [0.4, 0.5) is 0 Å². The molecule has 1 aromatic rings. The van der Waals surface area contributed by atoms with E-state index in [1.807, 2.05) is 25.3 Å². The number of aromatic nitrogens is 2. The van der Waals surface area contributed by atoms with Crippen LogP contribution in [0.2, 0.25) is 0 Å². The molecular formula is C12H25ClN4O2S. The van der Waals surface area contributed by atoms with Crippen LogP contribution in [0.25, 0.3) is 0 Å². The molecule has 0 amide bonds. The Kier molecular flexibility index (Phi) is 6.67. The molecule has 0 aliphatic heterocycles. The van der Waals surface area contributed by atoms with Gasteiger partial charge >= 0.3 is 0 Å². The van der Waals surface area contributed by atoms with Crippen LogP contribution in [0.5, 0.6) is 0 Å². The second-order valence-electron chi connectivity index (χ2n) is 5.54. The van der Waals surface area contributed by atoms with Crippen LogP contribution in [-0.4, -0.2) is 42.4 Å². The number of sulfonamides is 1. The molecule has 0 radical (unpaired) electrons. The quantitative estimate of drug-likeness (QED) is 0.853. The van der Waals surface area contributed by atoms with E-state index in [-0.39, 0.29) is 22.8 Å². The Morgan fingerprint density at radius 1 is 1.45 bits per heavy atom. The van der Waals surface area contributed by atoms with Gasteiger partial charge in [0.15, 0.2) is 5.03 Å². The summed E-state index contributed by atoms with van der Waals surface area (Å²) in [6.45, 7) is 9.12. The molecule has 0 aliphatic rings. The van der Waals surface area contributed by atoms with Gasteiger partial charge in [-0.2, -0.15) is 4.31 Å². The van der Waals surface area contributed by atoms with Crippen molar-refractivity contribution in [3.8, 4) is 0 Å². The van der Waals surface area contributed by atoms with E-state index < -0.39 is 10.0 Å². The molecule has 1 heterocycles. The van der Waals surface area contributed by atoms with Gasteiger partial charge in [0, 0.05) is 26.3 Å². The Hall–Kier alpha value is -0.630. The molecule has 0 saturated carbocycles. The fourth-order valence-corrected chi connectivity index (χ4v) is 3.18. The molecule has 118 valence electrons. The van der Waals surface area contributed by atoms with Crippen molar-refractivity contribution in [3.05, 3.63) is 12.0 Å². The van der Waals surface area contributed by atoms with Crippen molar-refractivity contribution < 1.29 is 8.42 Å². The summed E-state index contributed by atoms with van der Waals surface area (Å²) in [7, 11) is -1.99. The zero-order chi connectivity index (χ0) is 14.8. The van der Waals surface area contributed by atoms with Crippen molar-refractivity contribution in [1.29, 1.82) is 0 Å². The number of nitrogens with two attached hydrogens (primary N) is 1. The molecule has 0 bridgehead atoms. The summed E-state index contributed by atoms with van der Waals surface area (Å²) >= 11 is 0. The Morgan fingerprint density at radius 3 is 2.40 bits per heavy atom. The van der Waals surface area contributed by atoms with Gasteiger partial charge in [-0.1, -0.05) is 13.8 Å². The molecule has 8 heteroatoms. The smallest absolute Gasteiger partial charge is 0.261 e. The van der Waals surface area contributed by atoms with E-state index in [2.05, 4.69) is 4.98 Å². The average Bonchev–Trinajstić information content (AvgIpc) is 2.70. The van der Waals surface area contributed by atoms with Crippen LogP contribution in [0.1, 0.15) is 26.6 Å². The number of halogens is 1. The molecule has 20 heavy (non-hydrogen) atoms. The van der Waals surface area contributed by atoms with Gasteiger partial charge in [0.25, 0.3) is 10.0 Å². The van der Waals surface area contributed by atoms with Gasteiger partial charge in [-0.25, -0.2) is 13.4 Å². The lowest BCUT2D eigenvalue weighted by molar-refractivity contribution is 0.291. The highest BCUT2D eigenvalue weighted by atomic mass is 35.5. The van der Waals surface area contributed by atoms with Gasteiger partial charge in [-0.3, -0.25) is 0 Å². The molecule has 1 rings (SSSR count). The van der Waals surface area contributed by atoms with Crippen LogP contribution >= 0.6 is 12.4 Å². The summed E-state index contributed by atoms with van der Waals surface area (Å²) in [6, 6.07) is 0. The first-order valence-corrected chi connectivity index (χ1v) is 7.78. The minimum atomic E-state index is -3.55. The number of nitrogens with zero attached hydrogens (tertiary/aromatic N) is 3. The van der Waals surface area contributed by atoms with Crippen LogP contribution in [0.15, 0.2) is 11.2 Å². The number of hydrogen-bond donors (Lipinski definition) is 1. The first-order valence-electron chi connectivity index (χ1n) is 6.34. The Bertz CT molecular complexity index is 540. The van der Waals surface area contributed by atoms with Gasteiger partial charge in [0.1, 0.15) is 5.82 Å². The predicted molar refractivity (Wildman–Crippen MR) is 82.5 cm³/mol. The number of imidazole rings is 1. The average molecular weight is 325 g/mol. The molecule has 0 aromatic carbocycles. The first-order chi connectivity index (χ1) is 8.64. The summed E-state index contributed by atoms with van der Waals surface area (Å²) in [5, 5.41) is 0.0992. The van der Waals surface area contributed by atoms with E-state index in [0.29, 0.717) is 25.5 Å². The van der Waals surface area contributed by atoms with E-state index in [1.54, 1.807) is 20.2 Å². The number of rotatable bonds is 6. The molecule has 0 fully saturated rings. The monoisotopic (exact) mass is 324 g/mol. The van der Waals surface area contributed by atoms with Gasteiger partial charge in [-0.05, 0) is 25.8 Å². The maximum absolute atomic E-state index is 12.4. The first kappa shape index (κ1) is 19.4. The summed E-state index contributed by atoms with van der Waals surface area (Å²) < 4.78 is 28.0. The lowest BCUT2D eigenvalue weighted by Gasteiger charge is -2.27. The minimum absolute atomic E-state index is 0. The van der Waals surface area contributed by atoms with Crippen molar-refractivity contribution in [2.24, 2.45) is 11.1 Å². The van der Waals surface area contributed by atoms with Crippen LogP contribution in [0, 0.1) is 12.3 Å². The third-order valence-electron chi connectivity index (χ3n) is 3.17. The molecule has 0 spiro atoms. The largest absolute Gasteiger partial charge is 0.334 e. The highest BCUT2D eigenvalue weighted by Gasteiger charge is 2.29. The Morgan fingerprint density at radius 2 is 2.00 bits per heavy atom. The molecular weight excluding hydrogens is 300 g/mol. The van der Waals surface area contributed by atoms with Crippen molar-refractivity contribution in [2.45, 2.75) is 39.3 Å². The lowest BCUT2D eigenvalue weighted by Crippen LogP contribution is -2.39. The van der Waals surface area contributed by atoms with E-state index in [1.165, 1.54) is 4.31 Å². The highest BCUT2D eigenvalue weighted by molar-refractivity contribution is 7.89. The van der Waals surface area contributed by atoms with E-state index in [9.17, 15) is 8.42 Å². The van der Waals surface area contributed by atoms with E-state index >= 15 is 0 Å². The third-order valence-corrected chi connectivity index (χ3v) is 4.85. The molecule has 0 atom stereocenters. The van der Waals surface area contributed by atoms with Gasteiger partial charge in [0.2, 0.25) is 0 Å². The molecule has 1 aromatic heterocycles. The van der Waals surface area contributed by atoms with Crippen molar-refractivity contribution in [1.82, 2.24) is 13.9 Å². The van der Waals surface area contributed by atoms with Gasteiger partial charge in [0.05, 0.1) is 0 Å². The summed E-state index contributed by atoms with van der Waals surface area (Å²) in [4.78, 5) is 4.13. The zero-order valence-corrected chi connectivity index (χ0v) is 14.4. The molecule has 0 aliphatic carbocycles. The normalized spacial score (nSPS) is 12.6. The fraction of sp³-hybridized carbons (Fsp3) is 0.750. The summed E-state index contributed by atoms with van der Waals surface area (Å²) in [5.41, 5.74) is 5.39. The van der Waals surface area contributed by atoms with Crippen LogP contribution in [-0.2, 0) is 16.6 Å². The second kappa shape index (κ2) is 6.89. The Balaban J connectivity index is 0.00000361. The topological polar surface area (TPSA) is 81.2 Å². The zero-order valence-electron chi connectivity index (χ0n) is 12.8. The highest BCUT2D eigenvalue weighted by Crippen LogP contribution is 2.20. The van der Waals surface area contributed by atoms with Crippen molar-refractivity contribution >= 4 is 22.4 Å². The molecule has 0 unspecified atom stereocenters. The Labute approximate surface area is 127 Å². The van der Waals surface area contributed by atoms with Gasteiger partial charge in [-0.15, -0.1) is 12.4 Å². The van der Waals surface area contributed by atoms with Crippen LogP contribution < -0.4 is 5.73 Å². The van der Waals surface area contributed by atoms with Gasteiger partial charge < -0.3 is 10.3 Å². The maximum atomic E-state index is 12.4. The minimum Gasteiger partial charge on any atom is -0.334 e. The van der Waals surface area contributed by atoms with Crippen LogP contribution in [0.3, 0.4) is 0 Å². The number of hydrogen-bond acceptors (Lipinski definition) is 4. The molecule has 2 N–H and O–H groups in total. The lowest BCUT2D eigenvalue weighted by atomic mass is 9.94. The van der Waals surface area contributed by atoms with Crippen molar-refractivity contribution in [2.75, 3.05) is 20.1 Å². The summed E-state index contributed by atoms with van der Waals surface area (Å²) in [6.07, 6.45) is 1.58. The molecule has 6 nitrogen and oxygen atoms in total. The van der Waals surface area contributed by atoms with Crippen molar-refractivity contribution in [3.63, 3.8) is 0 Å². The number of aryl methyl sites for hydroxylation is 2. The van der Waals surface area contributed by atoms with E-state index in [4.69, 9.17) is 5.73 Å². The maximum Gasteiger partial charge on any atom is 0.261 e. The van der Waals surface area contributed by atoms with E-state index in [0.717, 1.165) is 0 Å². The summed E-state index contributed by atoms with van der Waals surface area (Å²) in [5.74, 6) is 0.701. The third kappa shape index (κ3) is 4.18.